The SMILES string of the molecule is CCCOc1ccc(NC(=O)CC(C)(C)C)cc1. The van der Waals surface area contributed by atoms with Crippen LogP contribution in [0.3, 0.4) is 0 Å². The zero-order valence-corrected chi connectivity index (χ0v) is 11.7. The lowest BCUT2D eigenvalue weighted by atomic mass is 9.92. The monoisotopic (exact) mass is 249 g/mol. The molecule has 1 amide bonds. The number of carbonyl (C=O) groups is 1. The fourth-order valence-corrected chi connectivity index (χ4v) is 1.54. The van der Waals surface area contributed by atoms with Crippen molar-refractivity contribution in [3.63, 3.8) is 0 Å². The number of amides is 1. The van der Waals surface area contributed by atoms with Gasteiger partial charge in [-0.2, -0.15) is 0 Å². The van der Waals surface area contributed by atoms with Crippen molar-refractivity contribution in [2.75, 3.05) is 11.9 Å². The number of nitrogens with one attached hydrogen (secondary N) is 1. The van der Waals surface area contributed by atoms with E-state index in [0.29, 0.717) is 6.42 Å². The first kappa shape index (κ1) is 14.6. The first-order valence-corrected chi connectivity index (χ1v) is 6.43. The summed E-state index contributed by atoms with van der Waals surface area (Å²) in [7, 11) is 0. The molecule has 1 aromatic carbocycles. The maximum absolute atomic E-state index is 11.7. The van der Waals surface area contributed by atoms with Gasteiger partial charge in [-0.05, 0) is 36.1 Å². The van der Waals surface area contributed by atoms with Gasteiger partial charge >= 0.3 is 0 Å². The molecule has 1 aromatic rings. The lowest BCUT2D eigenvalue weighted by Crippen LogP contribution is -2.19. The lowest BCUT2D eigenvalue weighted by molar-refractivity contribution is -0.117. The maximum Gasteiger partial charge on any atom is 0.224 e. The van der Waals surface area contributed by atoms with E-state index >= 15 is 0 Å². The summed E-state index contributed by atoms with van der Waals surface area (Å²) in [6.45, 7) is 8.94. The molecule has 0 atom stereocenters. The van der Waals surface area contributed by atoms with E-state index in [1.807, 2.05) is 45.0 Å². The molecule has 0 unspecified atom stereocenters. The van der Waals surface area contributed by atoms with E-state index in [0.717, 1.165) is 24.5 Å². The summed E-state index contributed by atoms with van der Waals surface area (Å²) < 4.78 is 5.48. The highest BCUT2D eigenvalue weighted by molar-refractivity contribution is 5.91. The molecule has 100 valence electrons. The number of ether oxygens (including phenoxy) is 1. The molecule has 0 spiro atoms. The third-order valence-corrected chi connectivity index (χ3v) is 2.30. The second-order valence-corrected chi connectivity index (χ2v) is 5.66. The van der Waals surface area contributed by atoms with Crippen LogP contribution in [0.15, 0.2) is 24.3 Å². The van der Waals surface area contributed by atoms with Gasteiger partial charge in [-0.25, -0.2) is 0 Å². The highest BCUT2D eigenvalue weighted by Crippen LogP contribution is 2.20. The Bertz CT molecular complexity index is 376. The number of anilines is 1. The Kier molecular flexibility index (Phi) is 5.20. The van der Waals surface area contributed by atoms with E-state index in [9.17, 15) is 4.79 Å². The van der Waals surface area contributed by atoms with E-state index in [1.165, 1.54) is 0 Å². The van der Waals surface area contributed by atoms with Crippen molar-refractivity contribution in [1.82, 2.24) is 0 Å². The van der Waals surface area contributed by atoms with E-state index in [1.54, 1.807) is 0 Å². The van der Waals surface area contributed by atoms with E-state index in [4.69, 9.17) is 4.74 Å². The zero-order valence-electron chi connectivity index (χ0n) is 11.7. The topological polar surface area (TPSA) is 38.3 Å². The van der Waals surface area contributed by atoms with Crippen LogP contribution < -0.4 is 10.1 Å². The Hall–Kier alpha value is -1.51. The second kappa shape index (κ2) is 6.43. The summed E-state index contributed by atoms with van der Waals surface area (Å²) in [6, 6.07) is 7.49. The first-order chi connectivity index (χ1) is 8.40. The van der Waals surface area contributed by atoms with Crippen LogP contribution in [0.1, 0.15) is 40.5 Å². The average molecular weight is 249 g/mol. The molecule has 0 radical (unpaired) electrons. The van der Waals surface area contributed by atoms with Gasteiger partial charge in [-0.3, -0.25) is 4.79 Å². The molecule has 0 aliphatic carbocycles. The van der Waals surface area contributed by atoms with Gasteiger partial charge in [-0.15, -0.1) is 0 Å². The van der Waals surface area contributed by atoms with Crippen LogP contribution in [0.2, 0.25) is 0 Å². The van der Waals surface area contributed by atoms with Crippen molar-refractivity contribution in [1.29, 1.82) is 0 Å². The van der Waals surface area contributed by atoms with Crippen LogP contribution in [0.4, 0.5) is 5.69 Å². The van der Waals surface area contributed by atoms with E-state index in [-0.39, 0.29) is 11.3 Å². The molecule has 0 heterocycles. The molecule has 3 heteroatoms. The normalized spacial score (nSPS) is 11.1. The fraction of sp³-hybridized carbons (Fsp3) is 0.533. The van der Waals surface area contributed by atoms with Gasteiger partial charge in [0.1, 0.15) is 5.75 Å². The Morgan fingerprint density at radius 3 is 2.33 bits per heavy atom. The van der Waals surface area contributed by atoms with Crippen LogP contribution >= 0.6 is 0 Å². The predicted octanol–water partition coefficient (Wildman–Crippen LogP) is 3.85. The summed E-state index contributed by atoms with van der Waals surface area (Å²) >= 11 is 0. The predicted molar refractivity (Wildman–Crippen MR) is 74.9 cm³/mol. The molecule has 0 fully saturated rings. The fourth-order valence-electron chi connectivity index (χ4n) is 1.54. The quantitative estimate of drug-likeness (QED) is 0.860. The molecule has 18 heavy (non-hydrogen) atoms. The van der Waals surface area contributed by atoms with Gasteiger partial charge < -0.3 is 10.1 Å². The number of carbonyl (C=O) groups excluding carboxylic acids is 1. The van der Waals surface area contributed by atoms with Crippen molar-refractivity contribution in [3.05, 3.63) is 24.3 Å². The third kappa shape index (κ3) is 5.71. The summed E-state index contributed by atoms with van der Waals surface area (Å²) in [5, 5.41) is 2.89. The van der Waals surface area contributed by atoms with Gasteiger partial charge in [-0.1, -0.05) is 27.7 Å². The molecule has 0 saturated heterocycles. The molecule has 3 nitrogen and oxygen atoms in total. The standard InChI is InChI=1S/C15H23NO2/c1-5-10-18-13-8-6-12(7-9-13)16-14(17)11-15(2,3)4/h6-9H,5,10-11H2,1-4H3,(H,16,17). The van der Waals surface area contributed by atoms with Crippen LogP contribution in [-0.2, 0) is 4.79 Å². The minimum Gasteiger partial charge on any atom is -0.494 e. The van der Waals surface area contributed by atoms with Gasteiger partial charge in [0.25, 0.3) is 0 Å². The lowest BCUT2D eigenvalue weighted by Gasteiger charge is -2.17. The average Bonchev–Trinajstić information content (AvgIpc) is 2.25. The number of hydrogen-bond acceptors (Lipinski definition) is 2. The van der Waals surface area contributed by atoms with Gasteiger partial charge in [0.2, 0.25) is 5.91 Å². The smallest absolute Gasteiger partial charge is 0.224 e. The van der Waals surface area contributed by atoms with E-state index in [2.05, 4.69) is 12.2 Å². The zero-order chi connectivity index (χ0) is 13.6. The number of benzene rings is 1. The van der Waals surface area contributed by atoms with Crippen molar-refractivity contribution in [2.45, 2.75) is 40.5 Å². The summed E-state index contributed by atoms with van der Waals surface area (Å²) in [5.41, 5.74) is 0.821. The molecular weight excluding hydrogens is 226 g/mol. The molecule has 0 saturated carbocycles. The van der Waals surface area contributed by atoms with Crippen LogP contribution in [0.25, 0.3) is 0 Å². The van der Waals surface area contributed by atoms with Crippen molar-refractivity contribution in [3.8, 4) is 5.75 Å². The van der Waals surface area contributed by atoms with Crippen molar-refractivity contribution >= 4 is 11.6 Å². The molecule has 1 rings (SSSR count). The third-order valence-electron chi connectivity index (χ3n) is 2.30. The number of rotatable bonds is 5. The highest BCUT2D eigenvalue weighted by atomic mass is 16.5. The molecular formula is C15H23NO2. The maximum atomic E-state index is 11.7. The van der Waals surface area contributed by atoms with Crippen molar-refractivity contribution < 1.29 is 9.53 Å². The molecule has 0 aliphatic rings. The minimum absolute atomic E-state index is 0.00820. The van der Waals surface area contributed by atoms with Crippen LogP contribution in [0.5, 0.6) is 5.75 Å². The summed E-state index contributed by atoms with van der Waals surface area (Å²) in [6.07, 6.45) is 1.51. The molecule has 0 aliphatic heterocycles. The number of hydrogen-bond donors (Lipinski definition) is 1. The largest absolute Gasteiger partial charge is 0.494 e. The summed E-state index contributed by atoms with van der Waals surface area (Å²) in [4.78, 5) is 11.7. The van der Waals surface area contributed by atoms with E-state index < -0.39 is 0 Å². The Labute approximate surface area is 110 Å². The molecule has 0 bridgehead atoms. The Morgan fingerprint density at radius 1 is 1.22 bits per heavy atom. The van der Waals surface area contributed by atoms with Crippen molar-refractivity contribution in [2.24, 2.45) is 5.41 Å². The molecule has 1 N–H and O–H groups in total. The summed E-state index contributed by atoms with van der Waals surface area (Å²) in [5.74, 6) is 0.885. The van der Waals surface area contributed by atoms with Gasteiger partial charge in [0, 0.05) is 12.1 Å². The van der Waals surface area contributed by atoms with Gasteiger partial charge in [0.05, 0.1) is 6.61 Å². The minimum atomic E-state index is 0.00820. The Balaban J connectivity index is 2.50. The van der Waals surface area contributed by atoms with Crippen LogP contribution in [-0.4, -0.2) is 12.5 Å². The Morgan fingerprint density at radius 2 is 1.83 bits per heavy atom. The highest BCUT2D eigenvalue weighted by Gasteiger charge is 2.15. The van der Waals surface area contributed by atoms with Crippen LogP contribution in [0, 0.1) is 5.41 Å². The first-order valence-electron chi connectivity index (χ1n) is 6.43. The van der Waals surface area contributed by atoms with Gasteiger partial charge in [0.15, 0.2) is 0 Å². The molecule has 0 aromatic heterocycles. The second-order valence-electron chi connectivity index (χ2n) is 5.66.